The van der Waals surface area contributed by atoms with Gasteiger partial charge in [0.2, 0.25) is 0 Å². The second-order valence-corrected chi connectivity index (χ2v) is 4.32. The Kier molecular flexibility index (Phi) is 3.64. The molecule has 17 heavy (non-hydrogen) atoms. The number of hydrogen-bond acceptors (Lipinski definition) is 2. The van der Waals surface area contributed by atoms with E-state index in [1.807, 2.05) is 6.20 Å². The maximum absolute atomic E-state index is 10.7. The fraction of sp³-hybridized carbons (Fsp3) is 0.333. The van der Waals surface area contributed by atoms with Gasteiger partial charge >= 0.3 is 0 Å². The number of unbranched alkanes of at least 4 members (excludes halogenated alkanes) is 1. The normalized spacial score (nSPS) is 10.9. The summed E-state index contributed by atoms with van der Waals surface area (Å²) in [5.74, 6) is 0.655. The van der Waals surface area contributed by atoms with Crippen LogP contribution in [-0.4, -0.2) is 15.8 Å². The quantitative estimate of drug-likeness (QED) is 0.382. The Balaban J connectivity index is 2.30. The van der Waals surface area contributed by atoms with Crippen LogP contribution in [0, 0.1) is 10.1 Å². The van der Waals surface area contributed by atoms with Gasteiger partial charge in [0.1, 0.15) is 0 Å². The van der Waals surface area contributed by atoms with Gasteiger partial charge in [0, 0.05) is 35.1 Å². The molecule has 4 nitrogen and oxygen atoms in total. The number of nitrogens with zero attached hydrogens (tertiary/aromatic N) is 1. The highest BCUT2D eigenvalue weighted by Crippen LogP contribution is 2.24. The lowest BCUT2D eigenvalue weighted by Crippen LogP contribution is -1.88. The molecule has 0 fully saturated rings. The molecule has 1 N–H and O–H groups in total. The van der Waals surface area contributed by atoms with Crippen molar-refractivity contribution in [3.8, 4) is 0 Å². The number of nitro groups is 1. The van der Waals surface area contributed by atoms with Gasteiger partial charge < -0.3 is 4.98 Å². The molecule has 0 aliphatic rings. The summed E-state index contributed by atoms with van der Waals surface area (Å²) in [6, 6.07) is 4.89. The number of alkyl halides is 1. The summed E-state index contributed by atoms with van der Waals surface area (Å²) < 4.78 is 0. The minimum Gasteiger partial charge on any atom is -0.361 e. The molecule has 2 rings (SSSR count). The molecule has 0 atom stereocenters. The van der Waals surface area contributed by atoms with Crippen molar-refractivity contribution in [2.45, 2.75) is 19.3 Å². The first-order chi connectivity index (χ1) is 8.22. The molecule has 0 amide bonds. The summed E-state index contributed by atoms with van der Waals surface area (Å²) in [5, 5.41) is 11.7. The highest BCUT2D eigenvalue weighted by Gasteiger charge is 2.09. The topological polar surface area (TPSA) is 58.9 Å². The van der Waals surface area contributed by atoms with Crippen LogP contribution in [0.15, 0.2) is 24.4 Å². The van der Waals surface area contributed by atoms with Crippen molar-refractivity contribution in [2.75, 3.05) is 5.88 Å². The monoisotopic (exact) mass is 252 g/mol. The number of aryl methyl sites for hydroxylation is 1. The number of nitro benzene ring substituents is 1. The zero-order chi connectivity index (χ0) is 12.3. The number of hydrogen-bond donors (Lipinski definition) is 1. The Morgan fingerprint density at radius 3 is 2.88 bits per heavy atom. The van der Waals surface area contributed by atoms with Gasteiger partial charge in [-0.3, -0.25) is 10.1 Å². The number of non-ortho nitro benzene ring substituents is 1. The predicted octanol–water partition coefficient (Wildman–Crippen LogP) is 3.64. The molecule has 0 spiro atoms. The molecule has 1 aromatic carbocycles. The van der Waals surface area contributed by atoms with Crippen LogP contribution in [0.4, 0.5) is 5.69 Å². The van der Waals surface area contributed by atoms with Gasteiger partial charge in [-0.1, -0.05) is 0 Å². The van der Waals surface area contributed by atoms with E-state index < -0.39 is 0 Å². The molecule has 2 aromatic rings. The number of aromatic amines is 1. The van der Waals surface area contributed by atoms with E-state index in [-0.39, 0.29) is 10.6 Å². The van der Waals surface area contributed by atoms with Crippen molar-refractivity contribution in [3.05, 3.63) is 40.1 Å². The van der Waals surface area contributed by atoms with Gasteiger partial charge in [-0.15, -0.1) is 11.6 Å². The maximum Gasteiger partial charge on any atom is 0.270 e. The molecule has 0 radical (unpaired) electrons. The lowest BCUT2D eigenvalue weighted by molar-refractivity contribution is -0.384. The lowest BCUT2D eigenvalue weighted by Gasteiger charge is -1.98. The van der Waals surface area contributed by atoms with Crippen LogP contribution in [0.3, 0.4) is 0 Å². The summed E-state index contributed by atoms with van der Waals surface area (Å²) in [4.78, 5) is 13.5. The van der Waals surface area contributed by atoms with Gasteiger partial charge in [-0.2, -0.15) is 0 Å². The smallest absolute Gasteiger partial charge is 0.270 e. The number of H-pyrrole nitrogens is 1. The summed E-state index contributed by atoms with van der Waals surface area (Å²) in [6.07, 6.45) is 4.78. The van der Waals surface area contributed by atoms with E-state index in [1.165, 1.54) is 6.07 Å². The molecule has 90 valence electrons. The predicted molar refractivity (Wildman–Crippen MR) is 68.6 cm³/mol. The number of nitrogens with one attached hydrogen (secondary N) is 1. The van der Waals surface area contributed by atoms with Crippen molar-refractivity contribution in [1.29, 1.82) is 0 Å². The molecule has 0 saturated heterocycles. The third-order valence-corrected chi connectivity index (χ3v) is 3.06. The van der Waals surface area contributed by atoms with Crippen LogP contribution in [0.2, 0.25) is 0 Å². The van der Waals surface area contributed by atoms with E-state index in [0.29, 0.717) is 5.88 Å². The van der Waals surface area contributed by atoms with E-state index in [9.17, 15) is 10.1 Å². The SMILES string of the molecule is O=[N+]([O-])c1ccc2[nH]cc(CCCCCl)c2c1. The van der Waals surface area contributed by atoms with Crippen molar-refractivity contribution in [1.82, 2.24) is 4.98 Å². The summed E-state index contributed by atoms with van der Waals surface area (Å²) >= 11 is 5.63. The van der Waals surface area contributed by atoms with Crippen LogP contribution in [-0.2, 0) is 6.42 Å². The second-order valence-electron chi connectivity index (χ2n) is 3.95. The van der Waals surface area contributed by atoms with E-state index in [0.717, 1.165) is 35.7 Å². The Morgan fingerprint density at radius 2 is 2.18 bits per heavy atom. The fourth-order valence-corrected chi connectivity index (χ4v) is 2.09. The summed E-state index contributed by atoms with van der Waals surface area (Å²) in [5.41, 5.74) is 2.20. The second kappa shape index (κ2) is 5.19. The van der Waals surface area contributed by atoms with Crippen LogP contribution >= 0.6 is 11.6 Å². The summed E-state index contributed by atoms with van der Waals surface area (Å²) in [7, 11) is 0. The molecular weight excluding hydrogens is 240 g/mol. The Morgan fingerprint density at radius 1 is 1.35 bits per heavy atom. The van der Waals surface area contributed by atoms with Crippen molar-refractivity contribution < 1.29 is 4.92 Å². The Labute approximate surface area is 104 Å². The van der Waals surface area contributed by atoms with Gasteiger partial charge in [-0.05, 0) is 30.9 Å². The molecular formula is C12H13ClN2O2. The standard InChI is InChI=1S/C12H13ClN2O2/c13-6-2-1-3-9-8-14-12-5-4-10(15(16)17)7-11(9)12/h4-5,7-8,14H,1-3,6H2. The maximum atomic E-state index is 10.7. The van der Waals surface area contributed by atoms with Gasteiger partial charge in [0.25, 0.3) is 5.69 Å². The van der Waals surface area contributed by atoms with E-state index in [2.05, 4.69) is 4.98 Å². The largest absolute Gasteiger partial charge is 0.361 e. The van der Waals surface area contributed by atoms with Crippen molar-refractivity contribution in [3.63, 3.8) is 0 Å². The van der Waals surface area contributed by atoms with Crippen LogP contribution in [0.1, 0.15) is 18.4 Å². The van der Waals surface area contributed by atoms with Crippen LogP contribution in [0.5, 0.6) is 0 Å². The fourth-order valence-electron chi connectivity index (χ4n) is 1.90. The third-order valence-electron chi connectivity index (χ3n) is 2.79. The Hall–Kier alpha value is -1.55. The van der Waals surface area contributed by atoms with E-state index >= 15 is 0 Å². The summed E-state index contributed by atoms with van der Waals surface area (Å²) in [6.45, 7) is 0. The van der Waals surface area contributed by atoms with Gasteiger partial charge in [-0.25, -0.2) is 0 Å². The molecule has 0 unspecified atom stereocenters. The molecule has 0 bridgehead atoms. The molecule has 5 heteroatoms. The highest BCUT2D eigenvalue weighted by molar-refractivity contribution is 6.17. The highest BCUT2D eigenvalue weighted by atomic mass is 35.5. The number of aromatic nitrogens is 1. The molecule has 0 aliphatic heterocycles. The zero-order valence-corrected chi connectivity index (χ0v) is 10.0. The molecule has 1 aromatic heterocycles. The van der Waals surface area contributed by atoms with Gasteiger partial charge in [0.05, 0.1) is 4.92 Å². The number of rotatable bonds is 5. The number of fused-ring (bicyclic) bond motifs is 1. The average Bonchev–Trinajstić information content (AvgIpc) is 2.72. The number of halogens is 1. The lowest BCUT2D eigenvalue weighted by atomic mass is 10.1. The van der Waals surface area contributed by atoms with Crippen LogP contribution < -0.4 is 0 Å². The average molecular weight is 253 g/mol. The first-order valence-electron chi connectivity index (χ1n) is 5.52. The Bertz CT molecular complexity index is 536. The molecule has 0 aliphatic carbocycles. The molecule has 1 heterocycles. The van der Waals surface area contributed by atoms with E-state index in [4.69, 9.17) is 11.6 Å². The van der Waals surface area contributed by atoms with Crippen LogP contribution in [0.25, 0.3) is 10.9 Å². The first-order valence-corrected chi connectivity index (χ1v) is 6.06. The minimum atomic E-state index is -0.366. The van der Waals surface area contributed by atoms with E-state index in [1.54, 1.807) is 12.1 Å². The number of benzene rings is 1. The molecule has 0 saturated carbocycles. The van der Waals surface area contributed by atoms with Gasteiger partial charge in [0.15, 0.2) is 0 Å². The van der Waals surface area contributed by atoms with Crippen molar-refractivity contribution in [2.24, 2.45) is 0 Å². The minimum absolute atomic E-state index is 0.135. The third kappa shape index (κ3) is 2.58. The zero-order valence-electron chi connectivity index (χ0n) is 9.28. The first kappa shape index (κ1) is 11.9. The van der Waals surface area contributed by atoms with Crippen molar-refractivity contribution >= 4 is 28.2 Å².